The Morgan fingerprint density at radius 3 is 2.84 bits per heavy atom. The highest BCUT2D eigenvalue weighted by Crippen LogP contribution is 2.11. The average Bonchev–Trinajstić information content (AvgIpc) is 2.82. The van der Waals surface area contributed by atoms with E-state index in [0.717, 1.165) is 36.7 Å². The van der Waals surface area contributed by atoms with Gasteiger partial charge in [0, 0.05) is 45.1 Å². The van der Waals surface area contributed by atoms with Crippen LogP contribution in [0.4, 0.5) is 5.82 Å². The fourth-order valence-corrected chi connectivity index (χ4v) is 1.83. The van der Waals surface area contributed by atoms with Gasteiger partial charge in [-0.05, 0) is 6.54 Å². The Morgan fingerprint density at radius 2 is 2.16 bits per heavy atom. The molecule has 0 amide bonds. The van der Waals surface area contributed by atoms with Crippen molar-refractivity contribution in [1.29, 1.82) is 0 Å². The summed E-state index contributed by atoms with van der Waals surface area (Å²) in [7, 11) is 3.92. The van der Waals surface area contributed by atoms with Crippen LogP contribution in [0.1, 0.15) is 18.2 Å². The van der Waals surface area contributed by atoms with Crippen LogP contribution in [0.3, 0.4) is 0 Å². The Morgan fingerprint density at radius 1 is 1.32 bits per heavy atom. The fourth-order valence-electron chi connectivity index (χ4n) is 1.83. The zero-order valence-corrected chi connectivity index (χ0v) is 11.7. The Labute approximate surface area is 113 Å². The first kappa shape index (κ1) is 13.5. The molecule has 2 aromatic rings. The van der Waals surface area contributed by atoms with Gasteiger partial charge in [-0.15, -0.1) is 0 Å². The summed E-state index contributed by atoms with van der Waals surface area (Å²) in [6.45, 7) is 4.52. The van der Waals surface area contributed by atoms with E-state index in [9.17, 15) is 0 Å². The maximum atomic E-state index is 4.59. The minimum atomic E-state index is 0.748. The number of nitrogens with zero attached hydrogens (tertiary/aromatic N) is 5. The average molecular weight is 260 g/mol. The molecule has 102 valence electrons. The molecule has 19 heavy (non-hydrogen) atoms. The van der Waals surface area contributed by atoms with Gasteiger partial charge in [0.15, 0.2) is 0 Å². The van der Waals surface area contributed by atoms with E-state index in [1.807, 2.05) is 26.5 Å². The first-order chi connectivity index (χ1) is 9.19. The molecule has 0 saturated heterocycles. The SMILES string of the molecule is CCNCc1cncc(N(C)Cc2cnn(C)c2)n1. The van der Waals surface area contributed by atoms with Gasteiger partial charge in [-0.2, -0.15) is 5.10 Å². The second-order valence-corrected chi connectivity index (χ2v) is 4.53. The largest absolute Gasteiger partial charge is 0.354 e. The van der Waals surface area contributed by atoms with Crippen LogP contribution in [0.2, 0.25) is 0 Å². The summed E-state index contributed by atoms with van der Waals surface area (Å²) < 4.78 is 1.80. The van der Waals surface area contributed by atoms with Gasteiger partial charge in [-0.25, -0.2) is 4.98 Å². The lowest BCUT2D eigenvalue weighted by Crippen LogP contribution is -2.19. The molecule has 1 N–H and O–H groups in total. The van der Waals surface area contributed by atoms with Crippen LogP contribution in [0.25, 0.3) is 0 Å². The molecule has 0 spiro atoms. The van der Waals surface area contributed by atoms with E-state index in [4.69, 9.17) is 0 Å². The van der Waals surface area contributed by atoms with Gasteiger partial charge in [0.2, 0.25) is 0 Å². The number of hydrogen-bond acceptors (Lipinski definition) is 5. The second-order valence-electron chi connectivity index (χ2n) is 4.53. The lowest BCUT2D eigenvalue weighted by molar-refractivity contribution is 0.704. The van der Waals surface area contributed by atoms with Crippen molar-refractivity contribution < 1.29 is 0 Å². The molecule has 2 aromatic heterocycles. The number of aryl methyl sites for hydroxylation is 1. The Balaban J connectivity index is 2.03. The van der Waals surface area contributed by atoms with Gasteiger partial charge >= 0.3 is 0 Å². The highest BCUT2D eigenvalue weighted by atomic mass is 15.2. The number of anilines is 1. The van der Waals surface area contributed by atoms with Crippen LogP contribution in [0.15, 0.2) is 24.8 Å². The van der Waals surface area contributed by atoms with Crippen molar-refractivity contribution in [1.82, 2.24) is 25.1 Å². The molecule has 0 bridgehead atoms. The van der Waals surface area contributed by atoms with Crippen LogP contribution >= 0.6 is 0 Å². The van der Waals surface area contributed by atoms with Crippen molar-refractivity contribution in [3.05, 3.63) is 36.0 Å². The minimum Gasteiger partial charge on any atom is -0.354 e. The normalized spacial score (nSPS) is 10.7. The Hall–Kier alpha value is -1.95. The summed E-state index contributed by atoms with van der Waals surface area (Å²) in [6, 6.07) is 0. The van der Waals surface area contributed by atoms with Crippen molar-refractivity contribution >= 4 is 5.82 Å². The molecule has 6 nitrogen and oxygen atoms in total. The molecule has 0 fully saturated rings. The van der Waals surface area contributed by atoms with E-state index in [2.05, 4.69) is 32.2 Å². The van der Waals surface area contributed by atoms with Crippen molar-refractivity contribution in [2.75, 3.05) is 18.5 Å². The molecule has 0 radical (unpaired) electrons. The Bertz CT molecular complexity index is 521. The molecule has 0 aromatic carbocycles. The molecule has 0 aliphatic rings. The summed E-state index contributed by atoms with van der Waals surface area (Å²) in [5.41, 5.74) is 2.11. The molecule has 0 aliphatic heterocycles. The summed E-state index contributed by atoms with van der Waals surface area (Å²) in [4.78, 5) is 10.9. The van der Waals surface area contributed by atoms with E-state index in [1.54, 1.807) is 17.1 Å². The minimum absolute atomic E-state index is 0.748. The monoisotopic (exact) mass is 260 g/mol. The third kappa shape index (κ3) is 3.75. The summed E-state index contributed by atoms with van der Waals surface area (Å²) in [5.74, 6) is 0.874. The van der Waals surface area contributed by atoms with E-state index in [0.29, 0.717) is 0 Å². The molecular weight excluding hydrogens is 240 g/mol. The van der Waals surface area contributed by atoms with Crippen molar-refractivity contribution in [3.63, 3.8) is 0 Å². The van der Waals surface area contributed by atoms with E-state index in [1.165, 1.54) is 0 Å². The number of hydrogen-bond donors (Lipinski definition) is 1. The molecular formula is C13H20N6. The smallest absolute Gasteiger partial charge is 0.147 e. The Kier molecular flexibility index (Phi) is 4.46. The van der Waals surface area contributed by atoms with E-state index < -0.39 is 0 Å². The van der Waals surface area contributed by atoms with Gasteiger partial charge in [0.05, 0.1) is 18.1 Å². The third-order valence-corrected chi connectivity index (χ3v) is 2.80. The van der Waals surface area contributed by atoms with Gasteiger partial charge in [-0.3, -0.25) is 9.67 Å². The van der Waals surface area contributed by atoms with Gasteiger partial charge in [-0.1, -0.05) is 6.92 Å². The first-order valence-electron chi connectivity index (χ1n) is 6.39. The van der Waals surface area contributed by atoms with Crippen LogP contribution in [-0.2, 0) is 20.1 Å². The van der Waals surface area contributed by atoms with E-state index in [-0.39, 0.29) is 0 Å². The summed E-state index contributed by atoms with van der Waals surface area (Å²) in [5, 5.41) is 7.41. The summed E-state index contributed by atoms with van der Waals surface area (Å²) in [6.07, 6.45) is 7.45. The lowest BCUT2D eigenvalue weighted by Gasteiger charge is -2.17. The van der Waals surface area contributed by atoms with Crippen molar-refractivity contribution in [3.8, 4) is 0 Å². The quantitative estimate of drug-likeness (QED) is 0.838. The molecule has 0 aliphatic carbocycles. The zero-order valence-electron chi connectivity index (χ0n) is 11.7. The number of aromatic nitrogens is 4. The van der Waals surface area contributed by atoms with Crippen molar-refractivity contribution in [2.45, 2.75) is 20.0 Å². The second kappa shape index (κ2) is 6.29. The topological polar surface area (TPSA) is 58.9 Å². The van der Waals surface area contributed by atoms with Gasteiger partial charge < -0.3 is 10.2 Å². The highest BCUT2D eigenvalue weighted by molar-refractivity contribution is 5.36. The molecule has 0 unspecified atom stereocenters. The fraction of sp³-hybridized carbons (Fsp3) is 0.462. The predicted molar refractivity (Wildman–Crippen MR) is 74.7 cm³/mol. The maximum Gasteiger partial charge on any atom is 0.147 e. The van der Waals surface area contributed by atoms with Crippen LogP contribution in [-0.4, -0.2) is 33.3 Å². The highest BCUT2D eigenvalue weighted by Gasteiger charge is 2.06. The zero-order chi connectivity index (χ0) is 13.7. The standard InChI is InChI=1S/C13H20N6/c1-4-14-6-12-7-15-8-13(17-12)18(2)9-11-5-16-19(3)10-11/h5,7-8,10,14H,4,6,9H2,1-3H3. The van der Waals surface area contributed by atoms with Gasteiger partial charge in [0.1, 0.15) is 5.82 Å². The first-order valence-corrected chi connectivity index (χ1v) is 6.39. The van der Waals surface area contributed by atoms with Crippen LogP contribution < -0.4 is 10.2 Å². The molecule has 2 heterocycles. The number of nitrogens with one attached hydrogen (secondary N) is 1. The molecule has 0 atom stereocenters. The summed E-state index contributed by atoms with van der Waals surface area (Å²) >= 11 is 0. The maximum absolute atomic E-state index is 4.59. The lowest BCUT2D eigenvalue weighted by atomic mass is 10.3. The molecule has 0 saturated carbocycles. The molecule has 2 rings (SSSR count). The van der Waals surface area contributed by atoms with E-state index >= 15 is 0 Å². The van der Waals surface area contributed by atoms with Crippen LogP contribution in [0, 0.1) is 0 Å². The third-order valence-electron chi connectivity index (χ3n) is 2.80. The predicted octanol–water partition coefficient (Wildman–Crippen LogP) is 0.956. The van der Waals surface area contributed by atoms with Gasteiger partial charge in [0.25, 0.3) is 0 Å². The molecule has 6 heteroatoms. The van der Waals surface area contributed by atoms with Crippen LogP contribution in [0.5, 0.6) is 0 Å². The number of rotatable bonds is 6. The van der Waals surface area contributed by atoms with Crippen molar-refractivity contribution in [2.24, 2.45) is 7.05 Å².